The van der Waals surface area contributed by atoms with Gasteiger partial charge < -0.3 is 4.98 Å². The Kier molecular flexibility index (Phi) is 9.86. The van der Waals surface area contributed by atoms with Gasteiger partial charge in [-0.3, -0.25) is 9.97 Å². The molecule has 1 radical (unpaired) electrons. The van der Waals surface area contributed by atoms with Crippen LogP contribution in [0.2, 0.25) is 0 Å². The first-order chi connectivity index (χ1) is 19.1. The van der Waals surface area contributed by atoms with Crippen LogP contribution < -0.4 is 0 Å². The Labute approximate surface area is 250 Å². The first-order valence-electron chi connectivity index (χ1n) is 12.9. The van der Waals surface area contributed by atoms with Crippen LogP contribution in [0.3, 0.4) is 0 Å². The molecule has 4 heteroatoms. The Bertz CT molecular complexity index is 1590. The number of aromatic nitrogens is 3. The van der Waals surface area contributed by atoms with Crippen molar-refractivity contribution in [1.29, 1.82) is 0 Å². The van der Waals surface area contributed by atoms with Gasteiger partial charge in [0.2, 0.25) is 0 Å². The second kappa shape index (κ2) is 13.7. The van der Waals surface area contributed by atoms with Gasteiger partial charge >= 0.3 is 0 Å². The summed E-state index contributed by atoms with van der Waals surface area (Å²) in [6, 6.07) is 41.4. The van der Waals surface area contributed by atoms with Gasteiger partial charge in [0.15, 0.2) is 0 Å². The van der Waals surface area contributed by atoms with Crippen molar-refractivity contribution in [2.24, 2.45) is 0 Å². The summed E-state index contributed by atoms with van der Waals surface area (Å²) < 4.78 is 0. The van der Waals surface area contributed by atoms with Crippen molar-refractivity contribution in [3.8, 4) is 44.9 Å². The Morgan fingerprint density at radius 1 is 0.525 bits per heavy atom. The van der Waals surface area contributed by atoms with Crippen LogP contribution in [0.1, 0.15) is 16.7 Å². The van der Waals surface area contributed by atoms with Crippen LogP contribution in [0.15, 0.2) is 122 Å². The molecule has 0 N–H and O–H groups in total. The molecule has 0 aliphatic rings. The molecule has 0 spiro atoms. The number of hydrogen-bond donors (Lipinski definition) is 0. The molecule has 0 amide bonds. The minimum absolute atomic E-state index is 0. The summed E-state index contributed by atoms with van der Waals surface area (Å²) in [5.41, 5.74) is 11.2. The van der Waals surface area contributed by atoms with E-state index in [0.29, 0.717) is 5.82 Å². The Hall–Kier alpha value is -4.24. The van der Waals surface area contributed by atoms with Gasteiger partial charge in [-0.1, -0.05) is 66.2 Å². The molecule has 0 aliphatic carbocycles. The van der Waals surface area contributed by atoms with Crippen LogP contribution in [0.5, 0.6) is 0 Å². The third kappa shape index (κ3) is 7.24. The standard InChI is InChI=1S/C18H15N2.C18H14N.Ir/c1-13-6-8-15(9-7-13)16-4-3-5-17(10-16)18-19-11-14(2)12-20-18;1-14-12-18(16-10-6-3-7-11-16)19-13-17(14)15-8-4-2-5-9-15;/h3-4,6-12H,1-2H3;2-10,12-13H,1H3;/q2*-1;. The maximum Gasteiger partial charge on any atom is 0.0748 e. The average Bonchev–Trinajstić information content (AvgIpc) is 2.99. The van der Waals surface area contributed by atoms with Crippen molar-refractivity contribution in [1.82, 2.24) is 15.0 Å². The summed E-state index contributed by atoms with van der Waals surface area (Å²) >= 11 is 0. The summed E-state index contributed by atoms with van der Waals surface area (Å²) in [6.45, 7) is 6.20. The molecule has 199 valence electrons. The third-order valence-corrected chi connectivity index (χ3v) is 6.39. The molecule has 2 heterocycles. The molecule has 6 rings (SSSR count). The van der Waals surface area contributed by atoms with Crippen LogP contribution in [0.25, 0.3) is 44.9 Å². The SMILES string of the molecule is Cc1cc(-c2[c-]cccc2)ncc1-c1ccccc1.Cc1ccc(-c2cc[c-]c(-c3ncc(C)cn3)c2)cc1.[Ir]. The van der Waals surface area contributed by atoms with E-state index in [1.807, 2.05) is 74.0 Å². The second-order valence-corrected chi connectivity index (χ2v) is 9.47. The van der Waals surface area contributed by atoms with Gasteiger partial charge in [0.25, 0.3) is 0 Å². The van der Waals surface area contributed by atoms with Crippen molar-refractivity contribution in [3.05, 3.63) is 151 Å². The molecular weight excluding hydrogens is 667 g/mol. The fraction of sp³-hybridized carbons (Fsp3) is 0.0833. The first kappa shape index (κ1) is 28.8. The zero-order valence-corrected chi connectivity index (χ0v) is 25.1. The number of benzene rings is 4. The molecule has 0 atom stereocenters. The number of nitrogens with zero attached hydrogens (tertiary/aromatic N) is 3. The third-order valence-electron chi connectivity index (χ3n) is 6.39. The molecule has 0 bridgehead atoms. The smallest absolute Gasteiger partial charge is 0.0748 e. The van der Waals surface area contributed by atoms with Crippen molar-refractivity contribution >= 4 is 0 Å². The summed E-state index contributed by atoms with van der Waals surface area (Å²) in [5.74, 6) is 0.713. The van der Waals surface area contributed by atoms with E-state index in [1.165, 1.54) is 27.8 Å². The van der Waals surface area contributed by atoms with Gasteiger partial charge in [0, 0.05) is 44.3 Å². The maximum atomic E-state index is 4.55. The average molecular weight is 696 g/mol. The maximum absolute atomic E-state index is 4.55. The topological polar surface area (TPSA) is 38.7 Å². The van der Waals surface area contributed by atoms with Crippen molar-refractivity contribution in [3.63, 3.8) is 0 Å². The summed E-state index contributed by atoms with van der Waals surface area (Å²) in [4.78, 5) is 13.3. The number of aryl methyl sites for hydroxylation is 3. The summed E-state index contributed by atoms with van der Waals surface area (Å²) in [7, 11) is 0. The van der Waals surface area contributed by atoms with Gasteiger partial charge in [-0.25, -0.2) is 0 Å². The molecule has 2 aromatic heterocycles. The number of pyridine rings is 1. The minimum atomic E-state index is 0. The molecule has 3 nitrogen and oxygen atoms in total. The quantitative estimate of drug-likeness (QED) is 0.173. The van der Waals surface area contributed by atoms with E-state index in [1.54, 1.807) is 0 Å². The van der Waals surface area contributed by atoms with Gasteiger partial charge in [-0.2, -0.15) is 0 Å². The van der Waals surface area contributed by atoms with E-state index < -0.39 is 0 Å². The normalized spacial score (nSPS) is 10.2. The van der Waals surface area contributed by atoms with Crippen molar-refractivity contribution in [2.45, 2.75) is 20.8 Å². The Balaban J connectivity index is 0.000000181. The van der Waals surface area contributed by atoms with E-state index in [0.717, 1.165) is 27.9 Å². The molecule has 0 aliphatic heterocycles. The van der Waals surface area contributed by atoms with Gasteiger partial charge in [0.1, 0.15) is 0 Å². The van der Waals surface area contributed by atoms with Gasteiger partial charge in [0.05, 0.1) is 5.82 Å². The van der Waals surface area contributed by atoms with E-state index in [2.05, 4.69) is 95.5 Å². The second-order valence-electron chi connectivity index (χ2n) is 9.47. The molecule has 4 aromatic carbocycles. The summed E-state index contributed by atoms with van der Waals surface area (Å²) in [5, 5.41) is 0. The van der Waals surface area contributed by atoms with Crippen LogP contribution >= 0.6 is 0 Å². The van der Waals surface area contributed by atoms with Gasteiger partial charge in [-0.05, 0) is 48.7 Å². The molecule has 0 unspecified atom stereocenters. The van der Waals surface area contributed by atoms with E-state index in [-0.39, 0.29) is 20.1 Å². The zero-order chi connectivity index (χ0) is 27.0. The van der Waals surface area contributed by atoms with Crippen LogP contribution in [-0.2, 0) is 20.1 Å². The van der Waals surface area contributed by atoms with E-state index in [4.69, 9.17) is 0 Å². The summed E-state index contributed by atoms with van der Waals surface area (Å²) in [6.07, 6.45) is 5.60. The minimum Gasteiger partial charge on any atom is -0.304 e. The molecule has 0 saturated carbocycles. The first-order valence-corrected chi connectivity index (χ1v) is 12.9. The predicted octanol–water partition coefficient (Wildman–Crippen LogP) is 8.75. The van der Waals surface area contributed by atoms with Gasteiger partial charge in [-0.15, -0.1) is 71.3 Å². The number of hydrogen-bond acceptors (Lipinski definition) is 3. The fourth-order valence-corrected chi connectivity index (χ4v) is 4.23. The molecule has 6 aromatic rings. The van der Waals surface area contributed by atoms with Crippen LogP contribution in [0, 0.1) is 32.9 Å². The van der Waals surface area contributed by atoms with Crippen LogP contribution in [0.4, 0.5) is 0 Å². The van der Waals surface area contributed by atoms with Crippen molar-refractivity contribution < 1.29 is 20.1 Å². The molecule has 0 fully saturated rings. The largest absolute Gasteiger partial charge is 0.304 e. The van der Waals surface area contributed by atoms with Crippen molar-refractivity contribution in [2.75, 3.05) is 0 Å². The Morgan fingerprint density at radius 3 is 1.90 bits per heavy atom. The Morgan fingerprint density at radius 2 is 1.23 bits per heavy atom. The zero-order valence-electron chi connectivity index (χ0n) is 22.7. The monoisotopic (exact) mass is 696 g/mol. The molecular formula is C36H29IrN3-2. The molecule has 0 saturated heterocycles. The van der Waals surface area contributed by atoms with Crippen LogP contribution in [-0.4, -0.2) is 15.0 Å². The predicted molar refractivity (Wildman–Crippen MR) is 160 cm³/mol. The fourth-order valence-electron chi connectivity index (χ4n) is 4.23. The van der Waals surface area contributed by atoms with E-state index in [9.17, 15) is 0 Å². The van der Waals surface area contributed by atoms with E-state index >= 15 is 0 Å². The molecule has 40 heavy (non-hydrogen) atoms. The number of rotatable bonds is 4.